The van der Waals surface area contributed by atoms with Gasteiger partial charge in [-0.15, -0.1) is 0 Å². The van der Waals surface area contributed by atoms with Crippen LogP contribution in [0.4, 0.5) is 10.2 Å². The van der Waals surface area contributed by atoms with E-state index in [1.807, 2.05) is 29.2 Å². The van der Waals surface area contributed by atoms with Crippen molar-refractivity contribution in [1.82, 2.24) is 14.5 Å². The highest BCUT2D eigenvalue weighted by Crippen LogP contribution is 2.13. The van der Waals surface area contributed by atoms with Crippen LogP contribution in [0, 0.1) is 5.82 Å². The quantitative estimate of drug-likeness (QED) is 0.582. The number of aromatic nitrogens is 2. The molecular formula is C24H28FN5O2. The number of ether oxygens (including phenoxy) is 1. The Morgan fingerprint density at radius 1 is 0.969 bits per heavy atom. The van der Waals surface area contributed by atoms with Crippen molar-refractivity contribution >= 4 is 5.82 Å². The van der Waals surface area contributed by atoms with E-state index in [1.54, 1.807) is 29.1 Å². The van der Waals surface area contributed by atoms with Crippen LogP contribution in [0.2, 0.25) is 0 Å². The fourth-order valence-electron chi connectivity index (χ4n) is 3.76. The maximum atomic E-state index is 13.0. The minimum absolute atomic E-state index is 0.0801. The van der Waals surface area contributed by atoms with E-state index < -0.39 is 0 Å². The van der Waals surface area contributed by atoms with Gasteiger partial charge in [-0.05, 0) is 35.4 Å². The Balaban J connectivity index is 1.30. The van der Waals surface area contributed by atoms with Gasteiger partial charge in [0, 0.05) is 51.7 Å². The van der Waals surface area contributed by atoms with E-state index in [1.165, 1.54) is 12.1 Å². The van der Waals surface area contributed by atoms with E-state index >= 15 is 0 Å². The van der Waals surface area contributed by atoms with Crippen LogP contribution in [-0.4, -0.2) is 53.8 Å². The number of benzene rings is 2. The lowest BCUT2D eigenvalue weighted by Gasteiger charge is -2.35. The van der Waals surface area contributed by atoms with E-state index in [4.69, 9.17) is 10.5 Å². The molecule has 0 bridgehead atoms. The van der Waals surface area contributed by atoms with Gasteiger partial charge in [0.15, 0.2) is 5.82 Å². The summed E-state index contributed by atoms with van der Waals surface area (Å²) in [7, 11) is 0. The fourth-order valence-corrected chi connectivity index (χ4v) is 3.76. The highest BCUT2D eigenvalue weighted by molar-refractivity contribution is 5.36. The van der Waals surface area contributed by atoms with Crippen molar-refractivity contribution in [2.45, 2.75) is 13.1 Å². The Labute approximate surface area is 186 Å². The largest absolute Gasteiger partial charge is 0.492 e. The van der Waals surface area contributed by atoms with Gasteiger partial charge in [-0.3, -0.25) is 9.69 Å². The van der Waals surface area contributed by atoms with E-state index in [2.05, 4.69) is 9.88 Å². The van der Waals surface area contributed by atoms with Crippen molar-refractivity contribution in [3.05, 3.63) is 88.2 Å². The molecule has 1 fully saturated rings. The summed E-state index contributed by atoms with van der Waals surface area (Å²) in [6, 6.07) is 14.0. The summed E-state index contributed by atoms with van der Waals surface area (Å²) in [6.45, 7) is 5.42. The maximum Gasteiger partial charge on any atom is 0.293 e. The Kier molecular flexibility index (Phi) is 7.14. The van der Waals surface area contributed by atoms with Crippen LogP contribution in [0.15, 0.2) is 65.7 Å². The van der Waals surface area contributed by atoms with Crippen molar-refractivity contribution in [1.29, 1.82) is 0 Å². The smallest absolute Gasteiger partial charge is 0.293 e. The summed E-state index contributed by atoms with van der Waals surface area (Å²) < 4.78 is 20.3. The number of nitrogens with two attached hydrogens (primary N) is 1. The Bertz CT molecular complexity index is 1060. The van der Waals surface area contributed by atoms with E-state index in [-0.39, 0.29) is 11.4 Å². The third-order valence-corrected chi connectivity index (χ3v) is 5.67. The number of anilines is 1. The number of hydrogen-bond donors (Lipinski definition) is 1. The SMILES string of the molecule is NCc1ccc(Cn2ccnc(N3CCN(CCOc4ccc(F)cc4)CC3)c2=O)cc1. The maximum absolute atomic E-state index is 13.0. The number of rotatable bonds is 8. The molecule has 0 amide bonds. The van der Waals surface area contributed by atoms with Gasteiger partial charge in [-0.2, -0.15) is 0 Å². The second kappa shape index (κ2) is 10.4. The first-order chi connectivity index (χ1) is 15.6. The molecule has 2 N–H and O–H groups in total. The summed E-state index contributed by atoms with van der Waals surface area (Å²) in [5, 5.41) is 0. The average molecular weight is 438 g/mol. The molecule has 0 atom stereocenters. The first-order valence-electron chi connectivity index (χ1n) is 10.8. The first kappa shape index (κ1) is 22.0. The minimum atomic E-state index is -0.272. The molecule has 0 radical (unpaired) electrons. The van der Waals surface area contributed by atoms with Crippen molar-refractivity contribution < 1.29 is 9.13 Å². The van der Waals surface area contributed by atoms with Gasteiger partial charge in [0.2, 0.25) is 0 Å². The zero-order valence-electron chi connectivity index (χ0n) is 18.0. The molecule has 1 aromatic heterocycles. The summed E-state index contributed by atoms with van der Waals surface area (Å²) in [6.07, 6.45) is 3.42. The van der Waals surface area contributed by atoms with Gasteiger partial charge < -0.3 is 19.9 Å². The van der Waals surface area contributed by atoms with Crippen LogP contribution in [0.25, 0.3) is 0 Å². The number of halogens is 1. The molecule has 1 aliphatic rings. The van der Waals surface area contributed by atoms with Crippen molar-refractivity contribution in [2.24, 2.45) is 5.73 Å². The summed E-state index contributed by atoms with van der Waals surface area (Å²) in [5.41, 5.74) is 7.69. The van der Waals surface area contributed by atoms with Gasteiger partial charge in [0.05, 0.1) is 6.54 Å². The molecule has 3 aromatic rings. The Morgan fingerprint density at radius 3 is 2.34 bits per heavy atom. The third-order valence-electron chi connectivity index (χ3n) is 5.67. The Hall–Kier alpha value is -3.23. The van der Waals surface area contributed by atoms with Crippen LogP contribution < -0.4 is 20.9 Å². The minimum Gasteiger partial charge on any atom is -0.492 e. The van der Waals surface area contributed by atoms with Crippen LogP contribution in [0.1, 0.15) is 11.1 Å². The lowest BCUT2D eigenvalue weighted by atomic mass is 10.1. The van der Waals surface area contributed by atoms with Gasteiger partial charge >= 0.3 is 0 Å². The zero-order chi connectivity index (χ0) is 22.3. The predicted molar refractivity (Wildman–Crippen MR) is 122 cm³/mol. The fraction of sp³-hybridized carbons (Fsp3) is 0.333. The number of hydrogen-bond acceptors (Lipinski definition) is 6. The van der Waals surface area contributed by atoms with E-state index in [0.717, 1.165) is 43.9 Å². The standard InChI is InChI=1S/C24H28FN5O2/c25-21-5-7-22(8-6-21)32-16-15-28-11-13-29(14-12-28)23-24(31)30(10-9-27-23)18-20-3-1-19(17-26)2-4-20/h1-10H,11-18,26H2. The first-order valence-corrected chi connectivity index (χ1v) is 10.8. The van der Waals surface area contributed by atoms with Crippen LogP contribution in [0.3, 0.4) is 0 Å². The molecule has 0 saturated carbocycles. The molecule has 168 valence electrons. The van der Waals surface area contributed by atoms with E-state index in [9.17, 15) is 9.18 Å². The molecule has 0 unspecified atom stereocenters. The topological polar surface area (TPSA) is 76.6 Å². The summed E-state index contributed by atoms with van der Waals surface area (Å²) >= 11 is 0. The molecule has 7 nitrogen and oxygen atoms in total. The van der Waals surface area contributed by atoms with Crippen LogP contribution in [0.5, 0.6) is 5.75 Å². The molecule has 1 aliphatic heterocycles. The lowest BCUT2D eigenvalue weighted by Crippen LogP contribution is -2.49. The second-order valence-electron chi connectivity index (χ2n) is 7.84. The zero-order valence-corrected chi connectivity index (χ0v) is 18.0. The van der Waals surface area contributed by atoms with Crippen LogP contribution in [-0.2, 0) is 13.1 Å². The monoisotopic (exact) mass is 437 g/mol. The van der Waals surface area contributed by atoms with Gasteiger partial charge in [-0.25, -0.2) is 9.37 Å². The number of nitrogens with zero attached hydrogens (tertiary/aromatic N) is 4. The molecule has 1 saturated heterocycles. The molecule has 0 aliphatic carbocycles. The molecule has 4 rings (SSSR count). The normalized spacial score (nSPS) is 14.5. The highest BCUT2D eigenvalue weighted by Gasteiger charge is 2.20. The summed E-state index contributed by atoms with van der Waals surface area (Å²) in [4.78, 5) is 21.7. The lowest BCUT2D eigenvalue weighted by molar-refractivity contribution is 0.200. The van der Waals surface area contributed by atoms with Crippen LogP contribution >= 0.6 is 0 Å². The molecule has 0 spiro atoms. The van der Waals surface area contributed by atoms with Crippen molar-refractivity contribution in [2.75, 3.05) is 44.2 Å². The van der Waals surface area contributed by atoms with Gasteiger partial charge in [0.25, 0.3) is 5.56 Å². The predicted octanol–water partition coefficient (Wildman–Crippen LogP) is 2.09. The number of piperazine rings is 1. The second-order valence-corrected chi connectivity index (χ2v) is 7.84. The van der Waals surface area contributed by atoms with E-state index in [0.29, 0.717) is 31.3 Å². The van der Waals surface area contributed by atoms with Crippen molar-refractivity contribution in [3.8, 4) is 5.75 Å². The third kappa shape index (κ3) is 5.52. The van der Waals surface area contributed by atoms with Gasteiger partial charge in [0.1, 0.15) is 18.2 Å². The molecule has 8 heteroatoms. The summed E-state index contributed by atoms with van der Waals surface area (Å²) in [5.74, 6) is 0.886. The molecular weight excluding hydrogens is 409 g/mol. The van der Waals surface area contributed by atoms with Crippen molar-refractivity contribution in [3.63, 3.8) is 0 Å². The average Bonchev–Trinajstić information content (AvgIpc) is 2.83. The Morgan fingerprint density at radius 2 is 1.66 bits per heavy atom. The molecule has 2 heterocycles. The molecule has 2 aromatic carbocycles. The molecule has 32 heavy (non-hydrogen) atoms. The highest BCUT2D eigenvalue weighted by atomic mass is 19.1. The van der Waals surface area contributed by atoms with Gasteiger partial charge in [-0.1, -0.05) is 24.3 Å².